The van der Waals surface area contributed by atoms with E-state index in [2.05, 4.69) is 0 Å². The number of halogens is 3. The predicted molar refractivity (Wildman–Crippen MR) is 5.75 cm³/mol. The van der Waals surface area contributed by atoms with E-state index in [-0.39, 0.29) is 180 Å². The molecule has 0 unspecified atom stereocenters. The fourth-order valence-electron chi connectivity index (χ4n) is 0. The quantitative estimate of drug-likeness (QED) is 0.284. The molecule has 0 amide bonds. The molecule has 0 nitrogen and oxygen atoms in total. The van der Waals surface area contributed by atoms with Gasteiger partial charge in [-0.2, -0.15) is 0 Å². The van der Waals surface area contributed by atoms with Gasteiger partial charge in [0.25, 0.3) is 0 Å². The Morgan fingerprint density at radius 2 is 1.00 bits per heavy atom. The Morgan fingerprint density at radius 3 is 1.00 bits per heavy atom. The summed E-state index contributed by atoms with van der Waals surface area (Å²) in [4.78, 5) is 0. The van der Waals surface area contributed by atoms with Gasteiger partial charge in [-0.1, -0.05) is 0 Å². The topological polar surface area (TPSA) is 0 Å². The minimum atomic E-state index is 0. The van der Waals surface area contributed by atoms with Crippen molar-refractivity contribution in [1.29, 1.82) is 0 Å². The zero-order valence-corrected chi connectivity index (χ0v) is 16.9. The molecule has 24 valence electrons. The second-order valence-electron chi connectivity index (χ2n) is 0. The van der Waals surface area contributed by atoms with Gasteiger partial charge < -0.3 is 53.4 Å². The fourth-order valence-corrected chi connectivity index (χ4v) is 0. The van der Waals surface area contributed by atoms with Crippen LogP contribution in [-0.4, -0.2) is 45.5 Å². The van der Waals surface area contributed by atoms with E-state index < -0.39 is 0 Å². The van der Waals surface area contributed by atoms with Crippen LogP contribution in [-0.2, 0) is 0 Å². The first kappa shape index (κ1) is 41.5. The second-order valence-corrected chi connectivity index (χ2v) is 0. The van der Waals surface area contributed by atoms with Crippen LogP contribution >= 0.6 is 0 Å². The SMILES string of the molecule is [Br-].[Cl-].[I-].[K+].[Na+].[Sr+2]. The minimum absolute atomic E-state index is 0. The number of hydrogen-bond donors (Lipinski definition) is 0. The third kappa shape index (κ3) is 22.6. The summed E-state index contributed by atoms with van der Waals surface area (Å²) in [6.45, 7) is 0. The summed E-state index contributed by atoms with van der Waals surface area (Å²) >= 11 is 0. The fraction of sp³-hybridized carbons (Fsp3) is 0. The van der Waals surface area contributed by atoms with Gasteiger partial charge in [0.05, 0.1) is 0 Å². The molecule has 0 aromatic heterocycles. The Labute approximate surface area is 174 Å². The molecule has 6 heteroatoms. The van der Waals surface area contributed by atoms with Crippen LogP contribution in [0.1, 0.15) is 0 Å². The van der Waals surface area contributed by atoms with Gasteiger partial charge in [0.15, 0.2) is 0 Å². The van der Waals surface area contributed by atoms with Gasteiger partial charge in [-0.15, -0.1) is 0 Å². The van der Waals surface area contributed by atoms with E-state index >= 15 is 0 Å². The van der Waals surface area contributed by atoms with Crippen LogP contribution in [0.5, 0.6) is 0 Å². The first-order valence-electron chi connectivity index (χ1n) is 0. The van der Waals surface area contributed by atoms with E-state index in [9.17, 15) is 0 Å². The van der Waals surface area contributed by atoms with Crippen LogP contribution in [0.3, 0.4) is 0 Å². The Kier molecular flexibility index (Phi) is 215. The zero-order chi connectivity index (χ0) is 0. The van der Waals surface area contributed by atoms with Crippen LogP contribution < -0.4 is 134 Å². The van der Waals surface area contributed by atoms with Gasteiger partial charge >= 0.3 is 126 Å². The standard InChI is InChI=1S/BrH.ClH.HI.K.Na.Sr/h3*1H;;;/q;;;2*+1;+2/p-3. The molecule has 0 aromatic rings. The maximum Gasteiger partial charge on any atom is 2.00 e. The Bertz CT molecular complexity index is 15.5. The van der Waals surface area contributed by atoms with Gasteiger partial charge in [-0.05, 0) is 0 Å². The van der Waals surface area contributed by atoms with Gasteiger partial charge in [0, 0.05) is 0 Å². The molecule has 0 aliphatic rings. The molecule has 0 bridgehead atoms. The van der Waals surface area contributed by atoms with Gasteiger partial charge in [-0.3, -0.25) is 0 Å². The van der Waals surface area contributed by atoms with Crippen molar-refractivity contribution in [2.75, 3.05) is 0 Å². The molecular weight excluding hydrogens is 392 g/mol. The summed E-state index contributed by atoms with van der Waals surface area (Å²) in [5, 5.41) is 0. The summed E-state index contributed by atoms with van der Waals surface area (Å²) in [6.07, 6.45) is 0. The molecule has 0 spiro atoms. The normalized spacial score (nSPS) is 0. The Hall–Kier alpha value is 5.62. The summed E-state index contributed by atoms with van der Waals surface area (Å²) < 4.78 is 0. The van der Waals surface area contributed by atoms with E-state index in [0.29, 0.717) is 0 Å². The van der Waals surface area contributed by atoms with E-state index in [1.54, 1.807) is 0 Å². The van der Waals surface area contributed by atoms with Crippen LogP contribution in [0, 0.1) is 0 Å². The molecule has 0 rings (SSSR count). The summed E-state index contributed by atoms with van der Waals surface area (Å²) in [7, 11) is 0. The first-order valence-corrected chi connectivity index (χ1v) is 0. The molecular formula is BrClIKNaSr+. The zero-order valence-electron chi connectivity index (χ0n) is 3.84. The van der Waals surface area contributed by atoms with Gasteiger partial charge in [-0.25, -0.2) is 0 Å². The van der Waals surface area contributed by atoms with Crippen LogP contribution in [0.2, 0.25) is 0 Å². The molecule has 0 radical (unpaired) electrons. The molecule has 0 fully saturated rings. The third-order valence-corrected chi connectivity index (χ3v) is 0. The Morgan fingerprint density at radius 1 is 1.00 bits per heavy atom. The first-order chi connectivity index (χ1) is 0. The minimum Gasteiger partial charge on any atom is -1.00 e. The molecule has 0 heterocycles. The van der Waals surface area contributed by atoms with Crippen molar-refractivity contribution < 1.29 is 134 Å². The van der Waals surface area contributed by atoms with Crippen molar-refractivity contribution >= 4 is 45.5 Å². The van der Waals surface area contributed by atoms with Crippen LogP contribution in [0.25, 0.3) is 0 Å². The smallest absolute Gasteiger partial charge is 1.00 e. The second kappa shape index (κ2) is 31.1. The van der Waals surface area contributed by atoms with Crippen molar-refractivity contribution in [3.05, 3.63) is 0 Å². The molecule has 0 saturated carbocycles. The van der Waals surface area contributed by atoms with E-state index in [4.69, 9.17) is 0 Å². The van der Waals surface area contributed by atoms with Crippen molar-refractivity contribution in [1.82, 2.24) is 0 Å². The average Bonchev–Trinajstić information content (AvgIpc) is 0. The van der Waals surface area contributed by atoms with Gasteiger partial charge in [0.1, 0.15) is 0 Å². The molecule has 0 aliphatic carbocycles. The average molecular weight is 392 g/mol. The van der Waals surface area contributed by atoms with Crippen molar-refractivity contribution in [3.63, 3.8) is 0 Å². The van der Waals surface area contributed by atoms with Gasteiger partial charge in [0.2, 0.25) is 0 Å². The van der Waals surface area contributed by atoms with Crippen LogP contribution in [0.4, 0.5) is 0 Å². The maximum atomic E-state index is 0. The molecule has 0 aromatic carbocycles. The predicted octanol–water partition coefficient (Wildman–Crippen LogP) is -15.4. The van der Waals surface area contributed by atoms with Crippen LogP contribution in [0.15, 0.2) is 0 Å². The van der Waals surface area contributed by atoms with Crippen molar-refractivity contribution in [3.8, 4) is 0 Å². The summed E-state index contributed by atoms with van der Waals surface area (Å²) in [5.41, 5.74) is 0. The van der Waals surface area contributed by atoms with Crippen molar-refractivity contribution in [2.45, 2.75) is 0 Å². The summed E-state index contributed by atoms with van der Waals surface area (Å²) in [6, 6.07) is 0. The maximum absolute atomic E-state index is 0. The summed E-state index contributed by atoms with van der Waals surface area (Å²) in [5.74, 6) is 0. The molecule has 6 heavy (non-hydrogen) atoms. The Balaban J connectivity index is 0. The van der Waals surface area contributed by atoms with E-state index in [1.165, 1.54) is 0 Å². The number of hydrogen-bond acceptors (Lipinski definition) is 0. The van der Waals surface area contributed by atoms with Crippen molar-refractivity contribution in [2.24, 2.45) is 0 Å². The molecule has 0 N–H and O–H groups in total. The molecule has 0 aliphatic heterocycles. The van der Waals surface area contributed by atoms with E-state index in [0.717, 1.165) is 0 Å². The largest absolute Gasteiger partial charge is 2.00 e. The number of rotatable bonds is 0. The molecule has 0 atom stereocenters. The molecule has 0 saturated heterocycles. The third-order valence-electron chi connectivity index (χ3n) is 0. The van der Waals surface area contributed by atoms with E-state index in [1.807, 2.05) is 0 Å². The monoisotopic (exact) mass is 391 g/mol.